The van der Waals surface area contributed by atoms with Gasteiger partial charge in [-0.3, -0.25) is 14.4 Å². The molecule has 1 heterocycles. The molecule has 0 spiro atoms. The molecule has 6 heteroatoms. The quantitative estimate of drug-likeness (QED) is 0.0921. The maximum Gasteiger partial charge on any atom is 0.313 e. The summed E-state index contributed by atoms with van der Waals surface area (Å²) in [5, 5.41) is 0. The van der Waals surface area contributed by atoms with Crippen LogP contribution in [0.1, 0.15) is 155 Å². The summed E-state index contributed by atoms with van der Waals surface area (Å²) in [6.07, 6.45) is 25.0. The van der Waals surface area contributed by atoms with Gasteiger partial charge in [-0.1, -0.05) is 123 Å². The Kier molecular flexibility index (Phi) is 20.2. The fraction of sp³-hybridized carbons (Fsp3) is 0.903. The summed E-state index contributed by atoms with van der Waals surface area (Å²) in [5.74, 6) is -0.996. The van der Waals surface area contributed by atoms with Crippen molar-refractivity contribution in [2.75, 3.05) is 6.61 Å². The average molecular weight is 524 g/mol. The first-order valence-electron chi connectivity index (χ1n) is 15.6. The van der Waals surface area contributed by atoms with Crippen LogP contribution in [0.5, 0.6) is 0 Å². The van der Waals surface area contributed by atoms with E-state index in [4.69, 9.17) is 15.2 Å². The lowest BCUT2D eigenvalue weighted by Crippen LogP contribution is -2.48. The van der Waals surface area contributed by atoms with Crippen molar-refractivity contribution in [3.05, 3.63) is 0 Å². The highest BCUT2D eigenvalue weighted by Gasteiger charge is 2.41. The molecule has 0 aromatic rings. The van der Waals surface area contributed by atoms with Crippen LogP contribution in [-0.2, 0) is 23.9 Å². The Labute approximate surface area is 227 Å². The van der Waals surface area contributed by atoms with Gasteiger partial charge in [0.25, 0.3) is 0 Å². The number of rotatable bonds is 26. The molecule has 37 heavy (non-hydrogen) atoms. The third kappa shape index (κ3) is 16.8. The number of ether oxygens (including phenoxy) is 2. The molecular formula is C31H57NO5. The number of nitrogens with two attached hydrogens (primary N) is 1. The lowest BCUT2D eigenvalue weighted by Gasteiger charge is -2.34. The molecule has 1 aliphatic rings. The Morgan fingerprint density at radius 1 is 0.757 bits per heavy atom. The maximum absolute atomic E-state index is 12.7. The number of hydrogen-bond donors (Lipinski definition) is 1. The van der Waals surface area contributed by atoms with Crippen LogP contribution in [0.4, 0.5) is 0 Å². The van der Waals surface area contributed by atoms with Crippen molar-refractivity contribution in [3.8, 4) is 0 Å². The van der Waals surface area contributed by atoms with E-state index >= 15 is 0 Å². The van der Waals surface area contributed by atoms with Crippen molar-refractivity contribution in [2.45, 2.75) is 161 Å². The lowest BCUT2D eigenvalue weighted by molar-refractivity contribution is -0.194. The third-order valence-corrected chi connectivity index (χ3v) is 7.81. The largest absolute Gasteiger partial charge is 0.461 e. The summed E-state index contributed by atoms with van der Waals surface area (Å²) in [6, 6.07) is 0. The molecule has 216 valence electrons. The molecule has 1 fully saturated rings. The number of esters is 2. The van der Waals surface area contributed by atoms with Crippen LogP contribution in [0.2, 0.25) is 0 Å². The zero-order valence-corrected chi connectivity index (χ0v) is 24.1. The fourth-order valence-electron chi connectivity index (χ4n) is 5.27. The lowest BCUT2D eigenvalue weighted by atomic mass is 9.93. The van der Waals surface area contributed by atoms with Crippen LogP contribution >= 0.6 is 0 Å². The second kappa shape index (κ2) is 22.4. The van der Waals surface area contributed by atoms with Gasteiger partial charge >= 0.3 is 11.9 Å². The first-order chi connectivity index (χ1) is 18.0. The molecule has 0 radical (unpaired) electrons. The smallest absolute Gasteiger partial charge is 0.313 e. The van der Waals surface area contributed by atoms with Crippen molar-refractivity contribution in [2.24, 2.45) is 17.6 Å². The molecule has 1 amide bonds. The molecular weight excluding hydrogens is 466 g/mol. The van der Waals surface area contributed by atoms with Crippen LogP contribution in [0.25, 0.3) is 0 Å². The van der Waals surface area contributed by atoms with Crippen LogP contribution in [-0.4, -0.2) is 30.6 Å². The van der Waals surface area contributed by atoms with Gasteiger partial charge in [-0.2, -0.15) is 0 Å². The van der Waals surface area contributed by atoms with E-state index in [0.29, 0.717) is 25.7 Å². The van der Waals surface area contributed by atoms with E-state index in [1.807, 2.05) is 6.92 Å². The van der Waals surface area contributed by atoms with Crippen molar-refractivity contribution >= 4 is 17.8 Å². The van der Waals surface area contributed by atoms with Gasteiger partial charge in [0.05, 0.1) is 11.8 Å². The van der Waals surface area contributed by atoms with E-state index < -0.39 is 0 Å². The number of amides is 1. The second-order valence-electron chi connectivity index (χ2n) is 11.1. The molecule has 0 unspecified atom stereocenters. The summed E-state index contributed by atoms with van der Waals surface area (Å²) >= 11 is 0. The Bertz CT molecular complexity index is 608. The van der Waals surface area contributed by atoms with Crippen LogP contribution in [0.3, 0.4) is 0 Å². The van der Waals surface area contributed by atoms with Gasteiger partial charge in [-0.25, -0.2) is 0 Å². The average Bonchev–Trinajstić information content (AvgIpc) is 2.87. The van der Waals surface area contributed by atoms with E-state index in [2.05, 4.69) is 6.92 Å². The van der Waals surface area contributed by atoms with Crippen LogP contribution in [0, 0.1) is 11.8 Å². The number of carbonyl (C=O) groups excluding carboxylic acids is 3. The number of carbonyl (C=O) groups is 3. The minimum atomic E-state index is -0.299. The number of unbranched alkanes of at least 4 members (excludes halogenated alkanes) is 16. The van der Waals surface area contributed by atoms with E-state index in [1.54, 1.807) is 0 Å². The predicted molar refractivity (Wildman–Crippen MR) is 150 cm³/mol. The zero-order valence-electron chi connectivity index (χ0n) is 24.1. The minimum Gasteiger partial charge on any atom is -0.461 e. The van der Waals surface area contributed by atoms with Crippen molar-refractivity contribution in [1.82, 2.24) is 0 Å². The standard InChI is InChI=1S/C31H57NO5/c1-3-5-6-7-8-9-10-11-12-13-14-15-16-17-18-19-22-26(23-20-21-24-29(32)33)30(34)36-25-28-27(4-2)31(35)37-28/h26-28H,3-25H2,1-2H3,(H2,32,33)/t26-,27-,28+/m0/s1. The monoisotopic (exact) mass is 523 g/mol. The van der Waals surface area contributed by atoms with Gasteiger partial charge in [0.2, 0.25) is 5.91 Å². The Balaban J connectivity index is 2.10. The van der Waals surface area contributed by atoms with Gasteiger partial charge < -0.3 is 15.2 Å². The van der Waals surface area contributed by atoms with E-state index in [0.717, 1.165) is 25.7 Å². The minimum absolute atomic E-state index is 0.151. The molecule has 1 rings (SSSR count). The summed E-state index contributed by atoms with van der Waals surface area (Å²) in [5.41, 5.74) is 5.24. The summed E-state index contributed by atoms with van der Waals surface area (Å²) < 4.78 is 10.7. The van der Waals surface area contributed by atoms with Gasteiger partial charge in [0, 0.05) is 6.42 Å². The molecule has 1 aliphatic heterocycles. The summed E-state index contributed by atoms with van der Waals surface area (Å²) in [7, 11) is 0. The van der Waals surface area contributed by atoms with Crippen LogP contribution < -0.4 is 5.73 Å². The van der Waals surface area contributed by atoms with Crippen LogP contribution in [0.15, 0.2) is 0 Å². The molecule has 3 atom stereocenters. The number of hydrogen-bond acceptors (Lipinski definition) is 5. The molecule has 0 aromatic heterocycles. The van der Waals surface area contributed by atoms with Crippen molar-refractivity contribution in [3.63, 3.8) is 0 Å². The molecule has 0 saturated carbocycles. The topological polar surface area (TPSA) is 95.7 Å². The summed E-state index contributed by atoms with van der Waals surface area (Å²) in [4.78, 5) is 35.2. The predicted octanol–water partition coefficient (Wildman–Crippen LogP) is 7.79. The third-order valence-electron chi connectivity index (χ3n) is 7.81. The molecule has 0 aliphatic carbocycles. The number of primary amides is 1. The fourth-order valence-corrected chi connectivity index (χ4v) is 5.27. The molecule has 0 aromatic carbocycles. The van der Waals surface area contributed by atoms with Gasteiger partial charge in [0.15, 0.2) is 0 Å². The van der Waals surface area contributed by atoms with E-state index in [9.17, 15) is 14.4 Å². The maximum atomic E-state index is 12.7. The second-order valence-corrected chi connectivity index (χ2v) is 11.1. The van der Waals surface area contributed by atoms with Crippen molar-refractivity contribution in [1.29, 1.82) is 0 Å². The zero-order chi connectivity index (χ0) is 27.1. The molecule has 6 nitrogen and oxygen atoms in total. The Morgan fingerprint density at radius 2 is 1.22 bits per heavy atom. The van der Waals surface area contributed by atoms with Gasteiger partial charge in [-0.15, -0.1) is 0 Å². The first kappa shape index (κ1) is 33.4. The number of cyclic esters (lactones) is 1. The van der Waals surface area contributed by atoms with Gasteiger partial charge in [0.1, 0.15) is 12.7 Å². The van der Waals surface area contributed by atoms with Crippen molar-refractivity contribution < 1.29 is 23.9 Å². The first-order valence-corrected chi connectivity index (χ1v) is 15.6. The molecule has 2 N–H and O–H groups in total. The van der Waals surface area contributed by atoms with E-state index in [1.165, 1.54) is 89.9 Å². The van der Waals surface area contributed by atoms with Gasteiger partial charge in [-0.05, 0) is 25.7 Å². The summed E-state index contributed by atoms with van der Waals surface area (Å²) in [6.45, 7) is 4.37. The highest BCUT2D eigenvalue weighted by Crippen LogP contribution is 2.27. The Morgan fingerprint density at radius 3 is 1.65 bits per heavy atom. The highest BCUT2D eigenvalue weighted by molar-refractivity contribution is 5.79. The Hall–Kier alpha value is -1.59. The SMILES string of the molecule is CCCCCCCCCCCCCCCCCC[C@@H](CCCCC(N)=O)C(=O)OC[C@H]1OC(=O)[C@H]1CC. The highest BCUT2D eigenvalue weighted by atomic mass is 16.6. The molecule has 1 saturated heterocycles. The van der Waals surface area contributed by atoms with E-state index in [-0.39, 0.29) is 42.4 Å². The normalized spacial score (nSPS) is 17.7. The molecule has 0 bridgehead atoms.